The van der Waals surface area contributed by atoms with Crippen molar-refractivity contribution < 1.29 is 0 Å². The highest BCUT2D eigenvalue weighted by molar-refractivity contribution is 7.80. The second-order valence-corrected chi connectivity index (χ2v) is 13.0. The highest BCUT2D eigenvalue weighted by Gasteiger charge is 2.60. The third-order valence-corrected chi connectivity index (χ3v) is 11.1. The van der Waals surface area contributed by atoms with Gasteiger partial charge < -0.3 is 0 Å². The lowest BCUT2D eigenvalue weighted by atomic mass is 9.44. The van der Waals surface area contributed by atoms with Gasteiger partial charge in [0.25, 0.3) is 0 Å². The molecule has 0 aromatic rings. The molecular formula is C27H46S. The molecule has 160 valence electrons. The standard InChI is InChI=1S/C27H46S/c1-18(2)7-6-8-19(3)23-11-12-24-22-10-9-20-17-21(28)13-15-26(20,4)25(22)14-16-27(23,24)5/h18-20,22-25H,6-17H2,1-5H3/t19?,20?,22-,23+,24-,25-,26-,27+/m0/s1. The van der Waals surface area contributed by atoms with E-state index in [2.05, 4.69) is 34.6 Å². The van der Waals surface area contributed by atoms with Crippen molar-refractivity contribution in [2.24, 2.45) is 52.3 Å². The van der Waals surface area contributed by atoms with Crippen LogP contribution >= 0.6 is 12.2 Å². The minimum absolute atomic E-state index is 0.605. The molecule has 0 saturated heterocycles. The van der Waals surface area contributed by atoms with Crippen LogP contribution in [0.25, 0.3) is 0 Å². The van der Waals surface area contributed by atoms with E-state index in [1.54, 1.807) is 0 Å². The van der Waals surface area contributed by atoms with Gasteiger partial charge in [0.05, 0.1) is 0 Å². The summed E-state index contributed by atoms with van der Waals surface area (Å²) >= 11 is 5.66. The average molecular weight is 403 g/mol. The van der Waals surface area contributed by atoms with E-state index in [1.165, 1.54) is 81.9 Å². The first-order chi connectivity index (χ1) is 13.3. The summed E-state index contributed by atoms with van der Waals surface area (Å²) in [5.41, 5.74) is 1.25. The van der Waals surface area contributed by atoms with Gasteiger partial charge in [-0.3, -0.25) is 0 Å². The minimum atomic E-state index is 0.605. The van der Waals surface area contributed by atoms with Crippen LogP contribution in [0.4, 0.5) is 0 Å². The van der Waals surface area contributed by atoms with E-state index in [9.17, 15) is 0 Å². The van der Waals surface area contributed by atoms with Crippen LogP contribution in [0.3, 0.4) is 0 Å². The number of hydrogen-bond acceptors (Lipinski definition) is 1. The molecule has 4 saturated carbocycles. The number of rotatable bonds is 5. The third kappa shape index (κ3) is 3.54. The van der Waals surface area contributed by atoms with Crippen LogP contribution < -0.4 is 0 Å². The highest BCUT2D eigenvalue weighted by atomic mass is 32.1. The summed E-state index contributed by atoms with van der Waals surface area (Å²) in [6.45, 7) is 12.8. The smallest absolute Gasteiger partial charge is 0.00683 e. The summed E-state index contributed by atoms with van der Waals surface area (Å²) < 4.78 is 0. The van der Waals surface area contributed by atoms with Gasteiger partial charge in [-0.2, -0.15) is 0 Å². The molecule has 8 atom stereocenters. The molecule has 0 radical (unpaired) electrons. The van der Waals surface area contributed by atoms with Crippen molar-refractivity contribution in [2.45, 2.75) is 112 Å². The second-order valence-electron chi connectivity index (χ2n) is 12.4. The van der Waals surface area contributed by atoms with Crippen molar-refractivity contribution in [3.8, 4) is 0 Å². The van der Waals surface area contributed by atoms with Gasteiger partial charge in [0.1, 0.15) is 0 Å². The zero-order valence-corrected chi connectivity index (χ0v) is 20.3. The Bertz CT molecular complexity index is 579. The van der Waals surface area contributed by atoms with Gasteiger partial charge >= 0.3 is 0 Å². The number of fused-ring (bicyclic) bond motifs is 5. The maximum atomic E-state index is 5.66. The van der Waals surface area contributed by atoms with Crippen LogP contribution in [0.5, 0.6) is 0 Å². The Kier molecular flexibility index (Phi) is 6.07. The summed E-state index contributed by atoms with van der Waals surface area (Å²) in [6, 6.07) is 0. The molecule has 4 fully saturated rings. The Morgan fingerprint density at radius 1 is 0.893 bits per heavy atom. The predicted molar refractivity (Wildman–Crippen MR) is 126 cm³/mol. The summed E-state index contributed by atoms with van der Waals surface area (Å²) in [5, 5.41) is 0. The number of thiocarbonyl (C=S) groups is 1. The van der Waals surface area contributed by atoms with Crippen LogP contribution in [-0.2, 0) is 0 Å². The first-order valence-corrected chi connectivity index (χ1v) is 13.2. The zero-order chi connectivity index (χ0) is 20.1. The lowest BCUT2D eigenvalue weighted by Crippen LogP contribution is -2.53. The zero-order valence-electron chi connectivity index (χ0n) is 19.4. The molecule has 0 spiro atoms. The molecule has 4 aliphatic carbocycles. The quantitative estimate of drug-likeness (QED) is 0.415. The van der Waals surface area contributed by atoms with Crippen molar-refractivity contribution in [3.63, 3.8) is 0 Å². The molecule has 0 heterocycles. The van der Waals surface area contributed by atoms with E-state index >= 15 is 0 Å². The first-order valence-electron chi connectivity index (χ1n) is 12.8. The fourth-order valence-electron chi connectivity index (χ4n) is 9.07. The Balaban J connectivity index is 1.47. The third-order valence-electron chi connectivity index (χ3n) is 10.7. The lowest BCUT2D eigenvalue weighted by molar-refractivity contribution is -0.104. The molecule has 4 aliphatic rings. The molecular weight excluding hydrogens is 356 g/mol. The van der Waals surface area contributed by atoms with Crippen molar-refractivity contribution in [3.05, 3.63) is 0 Å². The van der Waals surface area contributed by atoms with Crippen LogP contribution in [0.15, 0.2) is 0 Å². The van der Waals surface area contributed by atoms with Crippen LogP contribution in [0.2, 0.25) is 0 Å². The predicted octanol–water partition coefficient (Wildman–Crippen LogP) is 8.48. The maximum absolute atomic E-state index is 5.66. The fourth-order valence-corrected chi connectivity index (χ4v) is 9.37. The molecule has 0 aromatic carbocycles. The average Bonchev–Trinajstić information content (AvgIpc) is 2.99. The molecule has 0 bridgehead atoms. The summed E-state index contributed by atoms with van der Waals surface area (Å²) in [7, 11) is 0. The van der Waals surface area contributed by atoms with E-state index in [0.717, 1.165) is 41.4 Å². The van der Waals surface area contributed by atoms with Crippen LogP contribution in [-0.4, -0.2) is 4.86 Å². The fraction of sp³-hybridized carbons (Fsp3) is 0.963. The molecule has 0 amide bonds. The van der Waals surface area contributed by atoms with Gasteiger partial charge in [-0.1, -0.05) is 66.1 Å². The normalized spacial score (nSPS) is 46.8. The van der Waals surface area contributed by atoms with Crippen LogP contribution in [0, 0.1) is 52.3 Å². The first kappa shape index (κ1) is 21.3. The van der Waals surface area contributed by atoms with Gasteiger partial charge in [0.2, 0.25) is 0 Å². The summed E-state index contributed by atoms with van der Waals surface area (Å²) in [4.78, 5) is 1.39. The van der Waals surface area contributed by atoms with E-state index in [1.807, 2.05) is 0 Å². The van der Waals surface area contributed by atoms with Crippen molar-refractivity contribution >= 4 is 17.1 Å². The molecule has 0 aromatic heterocycles. The largest absolute Gasteiger partial charge is 0.0897 e. The molecule has 1 heteroatoms. The molecule has 28 heavy (non-hydrogen) atoms. The van der Waals surface area contributed by atoms with E-state index in [0.29, 0.717) is 10.8 Å². The Morgan fingerprint density at radius 3 is 2.39 bits per heavy atom. The van der Waals surface area contributed by atoms with Crippen molar-refractivity contribution in [1.82, 2.24) is 0 Å². The Labute approximate surface area is 181 Å². The second kappa shape index (κ2) is 7.97. The molecule has 0 nitrogen and oxygen atoms in total. The monoisotopic (exact) mass is 402 g/mol. The lowest BCUT2D eigenvalue weighted by Gasteiger charge is -2.61. The Morgan fingerprint density at radius 2 is 1.64 bits per heavy atom. The minimum Gasteiger partial charge on any atom is -0.0897 e. The van der Waals surface area contributed by atoms with Gasteiger partial charge in [-0.15, -0.1) is 0 Å². The van der Waals surface area contributed by atoms with E-state index in [-0.39, 0.29) is 0 Å². The van der Waals surface area contributed by atoms with Crippen molar-refractivity contribution in [2.75, 3.05) is 0 Å². The summed E-state index contributed by atoms with van der Waals surface area (Å²) in [5.74, 6) is 6.76. The topological polar surface area (TPSA) is 0 Å². The molecule has 0 aliphatic heterocycles. The van der Waals surface area contributed by atoms with E-state index < -0.39 is 0 Å². The molecule has 4 rings (SSSR count). The van der Waals surface area contributed by atoms with Crippen LogP contribution in [0.1, 0.15) is 112 Å². The van der Waals surface area contributed by atoms with Gasteiger partial charge in [0.15, 0.2) is 0 Å². The van der Waals surface area contributed by atoms with Crippen molar-refractivity contribution in [1.29, 1.82) is 0 Å². The maximum Gasteiger partial charge on any atom is -0.00683 e. The van der Waals surface area contributed by atoms with Gasteiger partial charge in [0, 0.05) is 0 Å². The highest BCUT2D eigenvalue weighted by Crippen LogP contribution is 2.68. The SMILES string of the molecule is CC(C)CCCC(C)[C@H]1CC[C@H]2[C@@H]3CCC4CC(=S)CC[C@]4(C)[C@H]3CC[C@]12C. The number of hydrogen-bond donors (Lipinski definition) is 0. The summed E-state index contributed by atoms with van der Waals surface area (Å²) in [6.07, 6.45) is 17.3. The molecule has 0 N–H and O–H groups in total. The van der Waals surface area contributed by atoms with Gasteiger partial charge in [-0.05, 0) is 115 Å². The van der Waals surface area contributed by atoms with E-state index in [4.69, 9.17) is 12.2 Å². The van der Waals surface area contributed by atoms with Gasteiger partial charge in [-0.25, -0.2) is 0 Å². The molecule has 2 unspecified atom stereocenters. The Hall–Kier alpha value is 0.0900.